The van der Waals surface area contributed by atoms with E-state index in [2.05, 4.69) is 9.71 Å². The number of pyridine rings is 1. The van der Waals surface area contributed by atoms with Crippen LogP contribution in [0.5, 0.6) is 0 Å². The van der Waals surface area contributed by atoms with Crippen LogP contribution in [-0.2, 0) is 10.0 Å². The maximum atomic E-state index is 12.1. The molecular weight excluding hydrogens is 358 g/mol. The molecule has 0 aliphatic carbocycles. The molecule has 2 rings (SSSR count). The first-order chi connectivity index (χ1) is 11.9. The molecule has 1 aromatic carbocycles. The fourth-order valence-electron chi connectivity index (χ4n) is 2.56. The van der Waals surface area contributed by atoms with Crippen molar-refractivity contribution in [3.05, 3.63) is 52.7 Å². The first-order valence-corrected chi connectivity index (χ1v) is 10.1. The summed E-state index contributed by atoms with van der Waals surface area (Å²) in [7, 11) is -3.35. The van der Waals surface area contributed by atoms with E-state index in [1.807, 2.05) is 19.1 Å². The van der Waals surface area contributed by atoms with Crippen LogP contribution in [0.3, 0.4) is 0 Å². The van der Waals surface area contributed by atoms with Gasteiger partial charge in [0.2, 0.25) is 10.0 Å². The summed E-state index contributed by atoms with van der Waals surface area (Å²) in [5.41, 5.74) is 2.59. The summed E-state index contributed by atoms with van der Waals surface area (Å²) in [4.78, 5) is 4.43. The number of rotatable bonds is 7. The SMILES string of the molecule is CCCC(NS(=O)(=O)CC)c1cccnc1-c1ccc(C#N)c(Cl)c1. The number of nitrogens with one attached hydrogen (secondary N) is 1. The Morgan fingerprint density at radius 1 is 1.32 bits per heavy atom. The van der Waals surface area contributed by atoms with Crippen LogP contribution in [0.1, 0.15) is 43.9 Å². The van der Waals surface area contributed by atoms with Crippen molar-refractivity contribution in [2.45, 2.75) is 32.7 Å². The second-order valence-electron chi connectivity index (χ2n) is 5.61. The summed E-state index contributed by atoms with van der Waals surface area (Å²) < 4.78 is 26.9. The summed E-state index contributed by atoms with van der Waals surface area (Å²) in [6, 6.07) is 10.4. The molecule has 0 bridgehead atoms. The van der Waals surface area contributed by atoms with E-state index in [9.17, 15) is 8.42 Å². The number of benzene rings is 1. The minimum Gasteiger partial charge on any atom is -0.256 e. The lowest BCUT2D eigenvalue weighted by atomic mass is 9.97. The number of hydrogen-bond acceptors (Lipinski definition) is 4. The van der Waals surface area contributed by atoms with Gasteiger partial charge >= 0.3 is 0 Å². The Labute approximate surface area is 153 Å². The minimum absolute atomic E-state index is 0.0193. The van der Waals surface area contributed by atoms with Crippen LogP contribution in [0.2, 0.25) is 5.02 Å². The van der Waals surface area contributed by atoms with Gasteiger partial charge in [0.05, 0.1) is 22.0 Å². The minimum atomic E-state index is -3.35. The molecule has 1 unspecified atom stereocenters. The van der Waals surface area contributed by atoms with Gasteiger partial charge in [-0.05, 0) is 37.1 Å². The summed E-state index contributed by atoms with van der Waals surface area (Å²) in [6.07, 6.45) is 3.13. The highest BCUT2D eigenvalue weighted by molar-refractivity contribution is 7.89. The van der Waals surface area contributed by atoms with Crippen LogP contribution in [0.15, 0.2) is 36.5 Å². The van der Waals surface area contributed by atoms with Gasteiger partial charge in [-0.25, -0.2) is 13.1 Å². The fraction of sp³-hybridized carbons (Fsp3) is 0.333. The van der Waals surface area contributed by atoms with E-state index in [1.165, 1.54) is 0 Å². The summed E-state index contributed by atoms with van der Waals surface area (Å²) >= 11 is 6.14. The van der Waals surface area contributed by atoms with E-state index >= 15 is 0 Å². The predicted octanol–water partition coefficient (Wildman–Crippen LogP) is 4.05. The van der Waals surface area contributed by atoms with Crippen LogP contribution in [0.4, 0.5) is 0 Å². The molecule has 2 aromatic rings. The van der Waals surface area contributed by atoms with Crippen molar-refractivity contribution in [2.75, 3.05) is 5.75 Å². The molecule has 7 heteroatoms. The highest BCUT2D eigenvalue weighted by Gasteiger charge is 2.21. The van der Waals surface area contributed by atoms with Crippen molar-refractivity contribution >= 4 is 21.6 Å². The van der Waals surface area contributed by atoms with Gasteiger partial charge in [-0.2, -0.15) is 5.26 Å². The molecule has 0 fully saturated rings. The lowest BCUT2D eigenvalue weighted by molar-refractivity contribution is 0.537. The molecule has 0 aliphatic heterocycles. The lowest BCUT2D eigenvalue weighted by Gasteiger charge is -2.21. The Morgan fingerprint density at radius 3 is 2.68 bits per heavy atom. The first-order valence-electron chi connectivity index (χ1n) is 8.06. The normalized spacial score (nSPS) is 12.6. The smallest absolute Gasteiger partial charge is 0.211 e. The summed E-state index contributed by atoms with van der Waals surface area (Å²) in [5, 5.41) is 9.37. The number of hydrogen-bond donors (Lipinski definition) is 1. The third kappa shape index (κ3) is 4.79. The Kier molecular flexibility index (Phi) is 6.54. The Morgan fingerprint density at radius 2 is 2.08 bits per heavy atom. The van der Waals surface area contributed by atoms with Crippen molar-refractivity contribution < 1.29 is 8.42 Å². The molecule has 0 aliphatic rings. The van der Waals surface area contributed by atoms with Gasteiger partial charge in [0, 0.05) is 17.8 Å². The van der Waals surface area contributed by atoms with Gasteiger partial charge in [0.15, 0.2) is 0 Å². The van der Waals surface area contributed by atoms with Gasteiger partial charge in [0.25, 0.3) is 0 Å². The zero-order valence-corrected chi connectivity index (χ0v) is 15.7. The molecule has 25 heavy (non-hydrogen) atoms. The van der Waals surface area contributed by atoms with E-state index in [0.717, 1.165) is 17.5 Å². The predicted molar refractivity (Wildman–Crippen MR) is 99.6 cm³/mol. The third-order valence-corrected chi connectivity index (χ3v) is 5.57. The van der Waals surface area contributed by atoms with Crippen LogP contribution in [-0.4, -0.2) is 19.2 Å². The number of nitriles is 1. The maximum Gasteiger partial charge on any atom is 0.211 e. The molecule has 1 aromatic heterocycles. The molecule has 0 spiro atoms. The molecular formula is C18H20ClN3O2S. The topological polar surface area (TPSA) is 82.8 Å². The molecule has 0 amide bonds. The Bertz CT molecular complexity index is 891. The molecule has 1 heterocycles. The molecule has 1 atom stereocenters. The Balaban J connectivity index is 2.52. The fourth-order valence-corrected chi connectivity index (χ4v) is 3.63. The van der Waals surface area contributed by atoms with Gasteiger partial charge < -0.3 is 0 Å². The number of halogens is 1. The highest BCUT2D eigenvalue weighted by Crippen LogP contribution is 2.31. The van der Waals surface area contributed by atoms with E-state index in [-0.39, 0.29) is 11.8 Å². The van der Waals surface area contributed by atoms with E-state index in [0.29, 0.717) is 22.7 Å². The van der Waals surface area contributed by atoms with Crippen LogP contribution >= 0.6 is 11.6 Å². The lowest BCUT2D eigenvalue weighted by Crippen LogP contribution is -2.30. The van der Waals surface area contributed by atoms with Crippen molar-refractivity contribution in [1.29, 1.82) is 5.26 Å². The number of aromatic nitrogens is 1. The van der Waals surface area contributed by atoms with Crippen LogP contribution in [0.25, 0.3) is 11.3 Å². The maximum absolute atomic E-state index is 12.1. The monoisotopic (exact) mass is 377 g/mol. The first kappa shape index (κ1) is 19.4. The quantitative estimate of drug-likeness (QED) is 0.788. The van der Waals surface area contributed by atoms with Crippen molar-refractivity contribution in [3.63, 3.8) is 0 Å². The Hall–Kier alpha value is -1.94. The molecule has 1 N–H and O–H groups in total. The number of sulfonamides is 1. The molecule has 132 valence electrons. The summed E-state index contributed by atoms with van der Waals surface area (Å²) in [6.45, 7) is 3.61. The van der Waals surface area contributed by atoms with Crippen molar-refractivity contribution in [3.8, 4) is 17.3 Å². The largest absolute Gasteiger partial charge is 0.256 e. The average Bonchev–Trinajstić information content (AvgIpc) is 2.61. The zero-order chi connectivity index (χ0) is 18.4. The molecule has 0 radical (unpaired) electrons. The van der Waals surface area contributed by atoms with Gasteiger partial charge in [-0.3, -0.25) is 4.98 Å². The van der Waals surface area contributed by atoms with Gasteiger partial charge in [-0.15, -0.1) is 0 Å². The van der Waals surface area contributed by atoms with Crippen molar-refractivity contribution in [1.82, 2.24) is 9.71 Å². The van der Waals surface area contributed by atoms with Gasteiger partial charge in [0.1, 0.15) is 6.07 Å². The molecule has 0 saturated heterocycles. The zero-order valence-electron chi connectivity index (χ0n) is 14.2. The van der Waals surface area contributed by atoms with Crippen molar-refractivity contribution in [2.24, 2.45) is 0 Å². The van der Waals surface area contributed by atoms with Gasteiger partial charge in [-0.1, -0.05) is 37.1 Å². The van der Waals surface area contributed by atoms with Crippen LogP contribution < -0.4 is 4.72 Å². The van der Waals surface area contributed by atoms with E-state index in [4.69, 9.17) is 16.9 Å². The molecule has 0 saturated carbocycles. The second kappa shape index (κ2) is 8.43. The average molecular weight is 378 g/mol. The third-order valence-electron chi connectivity index (χ3n) is 3.86. The highest BCUT2D eigenvalue weighted by atomic mass is 35.5. The summed E-state index contributed by atoms with van der Waals surface area (Å²) in [5.74, 6) is 0.0193. The number of nitrogens with zero attached hydrogens (tertiary/aromatic N) is 2. The van der Waals surface area contributed by atoms with Crippen LogP contribution in [0, 0.1) is 11.3 Å². The second-order valence-corrected chi connectivity index (χ2v) is 8.06. The van der Waals surface area contributed by atoms with E-state index in [1.54, 1.807) is 37.4 Å². The molecule has 5 nitrogen and oxygen atoms in total. The van der Waals surface area contributed by atoms with E-state index < -0.39 is 10.0 Å². The standard InChI is InChI=1S/C18H20ClN3O2S/c1-3-6-17(22-25(23,24)4-2)15-7-5-10-21-18(15)13-8-9-14(12-20)16(19)11-13/h5,7-11,17,22H,3-4,6H2,1-2H3.